The first kappa shape index (κ1) is 15.4. The average Bonchev–Trinajstić information content (AvgIpc) is 2.85. The van der Waals surface area contributed by atoms with Crippen LogP contribution in [0.25, 0.3) is 0 Å². The van der Waals surface area contributed by atoms with Crippen LogP contribution in [-0.2, 0) is 6.18 Å². The van der Waals surface area contributed by atoms with E-state index in [1.54, 1.807) is 12.1 Å². The van der Waals surface area contributed by atoms with E-state index in [0.29, 0.717) is 12.0 Å². The molecule has 1 aromatic carbocycles. The minimum Gasteiger partial charge on any atom is -0.307 e. The second-order valence-electron chi connectivity index (χ2n) is 5.71. The van der Waals surface area contributed by atoms with Gasteiger partial charge in [-0.3, -0.25) is 0 Å². The Balaban J connectivity index is 2.00. The number of hydrogen-bond donors (Lipinski definition) is 1. The summed E-state index contributed by atoms with van der Waals surface area (Å²) in [5.41, 5.74) is 0.334. The van der Waals surface area contributed by atoms with Crippen molar-refractivity contribution in [3.63, 3.8) is 0 Å². The van der Waals surface area contributed by atoms with Gasteiger partial charge in [0.25, 0.3) is 0 Å². The molecule has 0 radical (unpaired) electrons. The first-order valence-electron chi connectivity index (χ1n) is 7.35. The molecule has 0 saturated heterocycles. The summed E-state index contributed by atoms with van der Waals surface area (Å²) in [4.78, 5) is 0. The van der Waals surface area contributed by atoms with Crippen molar-refractivity contribution < 1.29 is 13.2 Å². The summed E-state index contributed by atoms with van der Waals surface area (Å²) in [5.74, 6) is 0.701. The van der Waals surface area contributed by atoms with E-state index < -0.39 is 11.7 Å². The number of alkyl halides is 3. The molecule has 20 heavy (non-hydrogen) atoms. The zero-order chi connectivity index (χ0) is 14.8. The Hall–Kier alpha value is -1.03. The van der Waals surface area contributed by atoms with Gasteiger partial charge in [0, 0.05) is 12.1 Å². The maximum atomic E-state index is 12.5. The zero-order valence-electron chi connectivity index (χ0n) is 12.0. The Bertz CT molecular complexity index is 424. The predicted molar refractivity (Wildman–Crippen MR) is 74.4 cm³/mol. The van der Waals surface area contributed by atoms with Gasteiger partial charge in [-0.05, 0) is 43.4 Å². The fourth-order valence-electron chi connectivity index (χ4n) is 3.12. The van der Waals surface area contributed by atoms with Crippen molar-refractivity contribution in [1.82, 2.24) is 5.32 Å². The topological polar surface area (TPSA) is 12.0 Å². The molecule has 1 aliphatic carbocycles. The molecule has 3 unspecified atom stereocenters. The van der Waals surface area contributed by atoms with Gasteiger partial charge in [-0.1, -0.05) is 31.9 Å². The molecular weight excluding hydrogens is 263 g/mol. The molecule has 0 spiro atoms. The van der Waals surface area contributed by atoms with Crippen LogP contribution in [0.1, 0.15) is 56.7 Å². The lowest BCUT2D eigenvalue weighted by atomic mass is 9.98. The van der Waals surface area contributed by atoms with Gasteiger partial charge >= 0.3 is 6.18 Å². The molecule has 0 heterocycles. The minimum absolute atomic E-state index is 0.0921. The van der Waals surface area contributed by atoms with Gasteiger partial charge < -0.3 is 5.32 Å². The van der Waals surface area contributed by atoms with E-state index in [4.69, 9.17) is 0 Å². The van der Waals surface area contributed by atoms with Crippen molar-refractivity contribution in [2.45, 2.75) is 57.8 Å². The highest BCUT2D eigenvalue weighted by molar-refractivity contribution is 5.26. The van der Waals surface area contributed by atoms with Gasteiger partial charge in [0.1, 0.15) is 0 Å². The van der Waals surface area contributed by atoms with Crippen LogP contribution in [-0.4, -0.2) is 6.04 Å². The molecule has 1 aliphatic rings. The molecule has 0 aliphatic heterocycles. The summed E-state index contributed by atoms with van der Waals surface area (Å²) < 4.78 is 37.6. The lowest BCUT2D eigenvalue weighted by molar-refractivity contribution is -0.137. The molecule has 1 N–H and O–H groups in total. The quantitative estimate of drug-likeness (QED) is 0.826. The van der Waals surface area contributed by atoms with Crippen molar-refractivity contribution >= 4 is 0 Å². The summed E-state index contributed by atoms with van der Waals surface area (Å²) in [6.07, 6.45) is 0.582. The van der Waals surface area contributed by atoms with Gasteiger partial charge in [0.05, 0.1) is 5.56 Å². The third-order valence-electron chi connectivity index (χ3n) is 4.39. The predicted octanol–water partition coefficient (Wildman–Crippen LogP) is 4.93. The highest BCUT2D eigenvalue weighted by Crippen LogP contribution is 2.32. The van der Waals surface area contributed by atoms with Gasteiger partial charge in [-0.15, -0.1) is 0 Å². The Morgan fingerprint density at radius 3 is 2.40 bits per heavy atom. The van der Waals surface area contributed by atoms with Gasteiger partial charge in [-0.2, -0.15) is 13.2 Å². The molecule has 1 nitrogen and oxygen atoms in total. The molecule has 1 fully saturated rings. The number of nitrogens with one attached hydrogen (secondary N) is 1. The third-order valence-corrected chi connectivity index (χ3v) is 4.39. The number of rotatable bonds is 4. The largest absolute Gasteiger partial charge is 0.416 e. The fraction of sp³-hybridized carbons (Fsp3) is 0.625. The van der Waals surface area contributed by atoms with E-state index in [-0.39, 0.29) is 6.04 Å². The summed E-state index contributed by atoms with van der Waals surface area (Å²) >= 11 is 0. The van der Waals surface area contributed by atoms with Crippen molar-refractivity contribution in [1.29, 1.82) is 0 Å². The summed E-state index contributed by atoms with van der Waals surface area (Å²) in [6, 6.07) is 6.08. The second-order valence-corrected chi connectivity index (χ2v) is 5.71. The standard InChI is InChI=1S/C16H22F3N/c1-3-12-5-4-6-15(12)20-11(2)13-7-9-14(10-8-13)16(17,18)19/h7-12,15,20H,3-6H2,1-2H3. The van der Waals surface area contributed by atoms with E-state index in [2.05, 4.69) is 12.2 Å². The Morgan fingerprint density at radius 1 is 1.20 bits per heavy atom. The SMILES string of the molecule is CCC1CCCC1NC(C)c1ccc(C(F)(F)F)cc1. The average molecular weight is 285 g/mol. The summed E-state index contributed by atoms with van der Waals surface area (Å²) in [5, 5.41) is 3.57. The maximum Gasteiger partial charge on any atom is 0.416 e. The lowest BCUT2D eigenvalue weighted by Gasteiger charge is -2.25. The molecule has 1 saturated carbocycles. The third kappa shape index (κ3) is 3.54. The number of halogens is 3. The van der Waals surface area contributed by atoms with Crippen LogP contribution < -0.4 is 5.32 Å². The van der Waals surface area contributed by atoms with Crippen LogP contribution in [0.2, 0.25) is 0 Å². The van der Waals surface area contributed by atoms with E-state index >= 15 is 0 Å². The van der Waals surface area contributed by atoms with Crippen LogP contribution >= 0.6 is 0 Å². The van der Waals surface area contributed by atoms with Crippen LogP contribution in [0, 0.1) is 5.92 Å². The Morgan fingerprint density at radius 2 is 1.85 bits per heavy atom. The monoisotopic (exact) mass is 285 g/mol. The molecule has 1 aromatic rings. The number of hydrogen-bond acceptors (Lipinski definition) is 1. The number of benzene rings is 1. The Kier molecular flexibility index (Phi) is 4.74. The van der Waals surface area contributed by atoms with E-state index in [0.717, 1.165) is 12.0 Å². The van der Waals surface area contributed by atoms with Gasteiger partial charge in [0.15, 0.2) is 0 Å². The maximum absolute atomic E-state index is 12.5. The van der Waals surface area contributed by atoms with E-state index in [1.807, 2.05) is 6.92 Å². The minimum atomic E-state index is -4.26. The normalized spacial score (nSPS) is 24.9. The molecule has 2 rings (SSSR count). The molecule has 3 atom stereocenters. The zero-order valence-corrected chi connectivity index (χ0v) is 12.0. The lowest BCUT2D eigenvalue weighted by Crippen LogP contribution is -2.34. The molecule has 0 bridgehead atoms. The molecule has 112 valence electrons. The molecular formula is C16H22F3N. The van der Waals surface area contributed by atoms with Crippen molar-refractivity contribution in [2.75, 3.05) is 0 Å². The van der Waals surface area contributed by atoms with Crippen LogP contribution in [0.4, 0.5) is 13.2 Å². The van der Waals surface area contributed by atoms with Crippen molar-refractivity contribution in [2.24, 2.45) is 5.92 Å². The molecule has 4 heteroatoms. The fourth-order valence-corrected chi connectivity index (χ4v) is 3.12. The second kappa shape index (κ2) is 6.17. The highest BCUT2D eigenvalue weighted by Gasteiger charge is 2.30. The van der Waals surface area contributed by atoms with Gasteiger partial charge in [0.2, 0.25) is 0 Å². The van der Waals surface area contributed by atoms with Crippen LogP contribution in [0.3, 0.4) is 0 Å². The van der Waals surface area contributed by atoms with Crippen LogP contribution in [0.5, 0.6) is 0 Å². The van der Waals surface area contributed by atoms with Crippen molar-refractivity contribution in [3.05, 3.63) is 35.4 Å². The first-order valence-corrected chi connectivity index (χ1v) is 7.35. The highest BCUT2D eigenvalue weighted by atomic mass is 19.4. The van der Waals surface area contributed by atoms with Gasteiger partial charge in [-0.25, -0.2) is 0 Å². The molecule has 0 aromatic heterocycles. The Labute approximate surface area is 118 Å². The summed E-state index contributed by atoms with van der Waals surface area (Å²) in [6.45, 7) is 4.22. The molecule has 0 amide bonds. The van der Waals surface area contributed by atoms with Crippen LogP contribution in [0.15, 0.2) is 24.3 Å². The first-order chi connectivity index (χ1) is 9.41. The smallest absolute Gasteiger partial charge is 0.307 e. The summed E-state index contributed by atoms with van der Waals surface area (Å²) in [7, 11) is 0. The van der Waals surface area contributed by atoms with E-state index in [9.17, 15) is 13.2 Å². The van der Waals surface area contributed by atoms with E-state index in [1.165, 1.54) is 31.4 Å². The van der Waals surface area contributed by atoms with Crippen molar-refractivity contribution in [3.8, 4) is 0 Å².